The number of aryl methyl sites for hydroxylation is 1. The van der Waals surface area contributed by atoms with Crippen LogP contribution >= 0.6 is 0 Å². The van der Waals surface area contributed by atoms with Gasteiger partial charge in [-0.2, -0.15) is 10.4 Å². The fourth-order valence-electron chi connectivity index (χ4n) is 3.87. The number of anilines is 1. The van der Waals surface area contributed by atoms with E-state index < -0.39 is 5.91 Å². The normalized spacial score (nSPS) is 11.7. The number of rotatable bonds is 5. The summed E-state index contributed by atoms with van der Waals surface area (Å²) in [5, 5.41) is 17.2. The van der Waals surface area contributed by atoms with Gasteiger partial charge in [-0.3, -0.25) is 14.3 Å². The van der Waals surface area contributed by atoms with Crippen molar-refractivity contribution < 1.29 is 9.59 Å². The van der Waals surface area contributed by atoms with E-state index in [-0.39, 0.29) is 17.6 Å². The Morgan fingerprint density at radius 1 is 1.12 bits per heavy atom. The van der Waals surface area contributed by atoms with Crippen LogP contribution in [0.3, 0.4) is 0 Å². The summed E-state index contributed by atoms with van der Waals surface area (Å²) in [7, 11) is 0. The number of nitrogens with zero attached hydrogens (tertiary/aromatic N) is 4. The van der Waals surface area contributed by atoms with Crippen molar-refractivity contribution in [1.82, 2.24) is 14.8 Å². The Labute approximate surface area is 190 Å². The summed E-state index contributed by atoms with van der Waals surface area (Å²) in [6.45, 7) is 5.71. The Morgan fingerprint density at radius 2 is 1.82 bits per heavy atom. The number of benzene rings is 2. The first-order chi connectivity index (χ1) is 15.8. The Balaban J connectivity index is 1.69. The third kappa shape index (κ3) is 4.04. The molecule has 0 aliphatic carbocycles. The van der Waals surface area contributed by atoms with Crippen molar-refractivity contribution in [3.05, 3.63) is 88.4 Å². The van der Waals surface area contributed by atoms with E-state index in [1.54, 1.807) is 36.4 Å². The number of hydrogen-bond acceptors (Lipinski definition) is 5. The molecule has 0 saturated heterocycles. The van der Waals surface area contributed by atoms with Crippen LogP contribution < -0.4 is 11.1 Å². The lowest BCUT2D eigenvalue weighted by Gasteiger charge is -2.15. The maximum Gasteiger partial charge on any atom is 0.267 e. The number of fused-ring (bicyclic) bond motifs is 1. The number of hydrogen-bond donors (Lipinski definition) is 2. The molecule has 0 radical (unpaired) electrons. The van der Waals surface area contributed by atoms with Gasteiger partial charge in [-0.15, -0.1) is 0 Å². The summed E-state index contributed by atoms with van der Waals surface area (Å²) < 4.78 is 1.84. The monoisotopic (exact) mass is 438 g/mol. The van der Waals surface area contributed by atoms with Crippen LogP contribution in [0.4, 0.5) is 5.69 Å². The second kappa shape index (κ2) is 8.55. The average molecular weight is 438 g/mol. The van der Waals surface area contributed by atoms with Crippen molar-refractivity contribution in [3.8, 4) is 6.07 Å². The molecule has 33 heavy (non-hydrogen) atoms. The molecule has 0 aliphatic heterocycles. The van der Waals surface area contributed by atoms with Gasteiger partial charge in [-0.25, -0.2) is 4.98 Å². The lowest BCUT2D eigenvalue weighted by molar-refractivity contribution is 0.0996. The Bertz CT molecular complexity index is 1430. The fraction of sp³-hybridized carbons (Fsp3) is 0.160. The molecule has 4 aromatic rings. The van der Waals surface area contributed by atoms with Gasteiger partial charge in [-0.05, 0) is 50.6 Å². The van der Waals surface area contributed by atoms with E-state index in [1.165, 1.54) is 6.07 Å². The minimum absolute atomic E-state index is 0.0254. The van der Waals surface area contributed by atoms with Crippen LogP contribution in [0.15, 0.2) is 54.6 Å². The van der Waals surface area contributed by atoms with E-state index >= 15 is 0 Å². The molecule has 0 spiro atoms. The van der Waals surface area contributed by atoms with E-state index in [1.807, 2.05) is 37.6 Å². The number of nitriles is 1. The summed E-state index contributed by atoms with van der Waals surface area (Å²) in [6, 6.07) is 17.8. The predicted octanol–water partition coefficient (Wildman–Crippen LogP) is 3.88. The molecule has 1 unspecified atom stereocenters. The number of carbonyl (C=O) groups is 2. The minimum atomic E-state index is -0.703. The summed E-state index contributed by atoms with van der Waals surface area (Å²) in [5.74, 6) is -1.08. The van der Waals surface area contributed by atoms with E-state index in [2.05, 4.69) is 21.5 Å². The molecular weight excluding hydrogens is 416 g/mol. The highest BCUT2D eigenvalue weighted by Gasteiger charge is 2.21. The van der Waals surface area contributed by atoms with Gasteiger partial charge in [0.25, 0.3) is 11.8 Å². The van der Waals surface area contributed by atoms with Crippen LogP contribution in [-0.4, -0.2) is 26.6 Å². The minimum Gasteiger partial charge on any atom is -0.364 e. The molecule has 0 saturated carbocycles. The highest BCUT2D eigenvalue weighted by Crippen LogP contribution is 2.28. The standard InChI is InChI=1S/C25H22N6O2/c1-14-23(16(3)31(30-14)15(2)18-10-8-17(13-26)9-11-18)29-25(33)20-12-22(24(27)32)28-21-7-5-4-6-19(20)21/h4-12,15H,1-3H3,(H2,27,32)(H,29,33). The third-order valence-electron chi connectivity index (χ3n) is 5.67. The maximum atomic E-state index is 13.3. The molecule has 8 nitrogen and oxygen atoms in total. The zero-order valence-electron chi connectivity index (χ0n) is 18.5. The van der Waals surface area contributed by atoms with E-state index in [4.69, 9.17) is 11.0 Å². The number of nitrogens with one attached hydrogen (secondary N) is 1. The van der Waals surface area contributed by atoms with Gasteiger partial charge in [0.2, 0.25) is 0 Å². The predicted molar refractivity (Wildman–Crippen MR) is 125 cm³/mol. The Hall–Kier alpha value is -4.51. The molecular formula is C25H22N6O2. The number of para-hydroxylation sites is 1. The second-order valence-electron chi connectivity index (χ2n) is 7.79. The van der Waals surface area contributed by atoms with Crippen LogP contribution in [0.2, 0.25) is 0 Å². The second-order valence-corrected chi connectivity index (χ2v) is 7.79. The van der Waals surface area contributed by atoms with Crippen LogP contribution in [0.25, 0.3) is 10.9 Å². The molecule has 2 aromatic carbocycles. The van der Waals surface area contributed by atoms with Crippen molar-refractivity contribution in [2.75, 3.05) is 5.32 Å². The number of primary amides is 1. The number of nitrogens with two attached hydrogens (primary N) is 1. The zero-order chi connectivity index (χ0) is 23.7. The van der Waals surface area contributed by atoms with Gasteiger partial charge >= 0.3 is 0 Å². The molecule has 2 aromatic heterocycles. The summed E-state index contributed by atoms with van der Waals surface area (Å²) in [4.78, 5) is 29.2. The van der Waals surface area contributed by atoms with Gasteiger partial charge in [0.15, 0.2) is 0 Å². The zero-order valence-corrected chi connectivity index (χ0v) is 18.5. The van der Waals surface area contributed by atoms with Crippen molar-refractivity contribution >= 4 is 28.4 Å². The van der Waals surface area contributed by atoms with Gasteiger partial charge < -0.3 is 11.1 Å². The summed E-state index contributed by atoms with van der Waals surface area (Å²) in [6.07, 6.45) is 0. The van der Waals surface area contributed by atoms with Crippen LogP contribution in [-0.2, 0) is 0 Å². The lowest BCUT2D eigenvalue weighted by atomic mass is 10.1. The van der Waals surface area contributed by atoms with Gasteiger partial charge in [0.05, 0.1) is 45.8 Å². The molecule has 0 bridgehead atoms. The van der Waals surface area contributed by atoms with Crippen molar-refractivity contribution in [1.29, 1.82) is 5.26 Å². The highest BCUT2D eigenvalue weighted by molar-refractivity contribution is 6.14. The molecule has 4 rings (SSSR count). The maximum absolute atomic E-state index is 13.3. The largest absolute Gasteiger partial charge is 0.364 e. The van der Waals surface area contributed by atoms with E-state index in [0.29, 0.717) is 33.4 Å². The molecule has 2 heterocycles. The first kappa shape index (κ1) is 21.7. The number of amides is 2. The average Bonchev–Trinajstić information content (AvgIpc) is 3.11. The van der Waals surface area contributed by atoms with Crippen LogP contribution in [0.1, 0.15) is 56.3 Å². The Kier molecular flexibility index (Phi) is 5.63. The van der Waals surface area contributed by atoms with E-state index in [9.17, 15) is 9.59 Å². The summed E-state index contributed by atoms with van der Waals surface area (Å²) in [5.41, 5.74) is 9.89. The van der Waals surface area contributed by atoms with Crippen LogP contribution in [0, 0.1) is 25.2 Å². The van der Waals surface area contributed by atoms with E-state index in [0.717, 1.165) is 11.3 Å². The Morgan fingerprint density at radius 3 is 2.48 bits per heavy atom. The topological polar surface area (TPSA) is 127 Å². The third-order valence-corrected chi connectivity index (χ3v) is 5.67. The van der Waals surface area contributed by atoms with Crippen LogP contribution in [0.5, 0.6) is 0 Å². The molecule has 0 fully saturated rings. The first-order valence-corrected chi connectivity index (χ1v) is 10.4. The number of carbonyl (C=O) groups excluding carboxylic acids is 2. The van der Waals surface area contributed by atoms with Gasteiger partial charge in [0.1, 0.15) is 5.69 Å². The smallest absolute Gasteiger partial charge is 0.267 e. The fourth-order valence-corrected chi connectivity index (χ4v) is 3.87. The molecule has 164 valence electrons. The highest BCUT2D eigenvalue weighted by atomic mass is 16.2. The SMILES string of the molecule is Cc1nn(C(C)c2ccc(C#N)cc2)c(C)c1NC(=O)c1cc(C(N)=O)nc2ccccc12. The molecule has 1 atom stereocenters. The number of pyridine rings is 1. The van der Waals surface area contributed by atoms with Gasteiger partial charge in [-0.1, -0.05) is 30.3 Å². The molecule has 3 N–H and O–H groups in total. The quantitative estimate of drug-likeness (QED) is 0.489. The van der Waals surface area contributed by atoms with Crippen molar-refractivity contribution in [2.24, 2.45) is 5.73 Å². The molecule has 0 aliphatic rings. The first-order valence-electron chi connectivity index (χ1n) is 10.4. The van der Waals surface area contributed by atoms with Gasteiger partial charge in [0, 0.05) is 5.39 Å². The summed E-state index contributed by atoms with van der Waals surface area (Å²) >= 11 is 0. The molecule has 8 heteroatoms. The molecule has 2 amide bonds. The lowest BCUT2D eigenvalue weighted by Crippen LogP contribution is -2.18. The van der Waals surface area contributed by atoms with Crippen molar-refractivity contribution in [3.63, 3.8) is 0 Å². The number of aromatic nitrogens is 3. The van der Waals surface area contributed by atoms with Crippen molar-refractivity contribution in [2.45, 2.75) is 26.8 Å².